The fraction of sp³-hybridized carbons (Fsp3) is 0. The van der Waals surface area contributed by atoms with Crippen LogP contribution in [0.25, 0.3) is 50.1 Å². The first-order valence-electron chi connectivity index (χ1n) is 10.5. The summed E-state index contributed by atoms with van der Waals surface area (Å²) >= 11 is 0. The third-order valence-corrected chi connectivity index (χ3v) is 5.57. The Kier molecular flexibility index (Phi) is 4.43. The summed E-state index contributed by atoms with van der Waals surface area (Å²) in [5.41, 5.74) is 8.04. The molecule has 5 heterocycles. The lowest BCUT2D eigenvalue weighted by molar-refractivity contribution is 1.11. The second kappa shape index (κ2) is 7.72. The SMILES string of the molecule is C=C(Nc1cncc(-c2cc3c(-c4cc5cnccc5[nH]4)n[nH]c3cn2)c1)c1ccccc1. The molecule has 6 aromatic rings. The van der Waals surface area contributed by atoms with E-state index in [1.54, 1.807) is 24.8 Å². The van der Waals surface area contributed by atoms with Gasteiger partial charge in [-0.25, -0.2) is 0 Å². The maximum atomic E-state index is 4.62. The summed E-state index contributed by atoms with van der Waals surface area (Å²) in [4.78, 5) is 16.6. The second-order valence-electron chi connectivity index (χ2n) is 7.77. The number of pyridine rings is 3. The minimum absolute atomic E-state index is 0.809. The van der Waals surface area contributed by atoms with Crippen LogP contribution in [-0.4, -0.2) is 30.1 Å². The van der Waals surface area contributed by atoms with Crippen LogP contribution in [-0.2, 0) is 0 Å². The topological polar surface area (TPSA) is 95.2 Å². The van der Waals surface area contributed by atoms with Gasteiger partial charge in [-0.15, -0.1) is 0 Å². The van der Waals surface area contributed by atoms with E-state index in [9.17, 15) is 0 Å². The zero-order valence-electron chi connectivity index (χ0n) is 17.6. The van der Waals surface area contributed by atoms with Crippen molar-refractivity contribution in [3.8, 4) is 22.6 Å². The van der Waals surface area contributed by atoms with Gasteiger partial charge in [0.25, 0.3) is 0 Å². The highest BCUT2D eigenvalue weighted by Crippen LogP contribution is 2.31. The van der Waals surface area contributed by atoms with Crippen molar-refractivity contribution >= 4 is 33.2 Å². The first kappa shape index (κ1) is 18.9. The summed E-state index contributed by atoms with van der Waals surface area (Å²) in [7, 11) is 0. The van der Waals surface area contributed by atoms with Crippen molar-refractivity contribution in [1.82, 2.24) is 30.1 Å². The van der Waals surface area contributed by atoms with Crippen molar-refractivity contribution in [3.63, 3.8) is 0 Å². The zero-order chi connectivity index (χ0) is 22.2. The molecular weight excluding hydrogens is 410 g/mol. The number of nitrogens with one attached hydrogen (secondary N) is 3. The van der Waals surface area contributed by atoms with Crippen LogP contribution in [0.5, 0.6) is 0 Å². The third kappa shape index (κ3) is 3.51. The highest BCUT2D eigenvalue weighted by Gasteiger charge is 2.13. The Hall–Kier alpha value is -4.78. The lowest BCUT2D eigenvalue weighted by Gasteiger charge is -2.10. The molecule has 7 nitrogen and oxygen atoms in total. The van der Waals surface area contributed by atoms with Crippen molar-refractivity contribution in [2.45, 2.75) is 0 Å². The molecule has 0 aliphatic rings. The molecule has 0 spiro atoms. The van der Waals surface area contributed by atoms with E-state index >= 15 is 0 Å². The van der Waals surface area contributed by atoms with Gasteiger partial charge in [-0.2, -0.15) is 5.10 Å². The Morgan fingerprint density at radius 1 is 0.879 bits per heavy atom. The number of rotatable bonds is 5. The lowest BCUT2D eigenvalue weighted by Crippen LogP contribution is -1.98. The third-order valence-electron chi connectivity index (χ3n) is 5.57. The number of benzene rings is 1. The monoisotopic (exact) mass is 429 g/mol. The first-order valence-corrected chi connectivity index (χ1v) is 10.5. The molecule has 3 N–H and O–H groups in total. The molecule has 158 valence electrons. The minimum Gasteiger partial charge on any atom is -0.354 e. The largest absolute Gasteiger partial charge is 0.354 e. The molecule has 0 saturated carbocycles. The smallest absolute Gasteiger partial charge is 0.116 e. The van der Waals surface area contributed by atoms with Gasteiger partial charge in [0, 0.05) is 46.1 Å². The molecule has 0 saturated heterocycles. The molecular formula is C26H19N7. The zero-order valence-corrected chi connectivity index (χ0v) is 17.6. The van der Waals surface area contributed by atoms with Crippen molar-refractivity contribution < 1.29 is 0 Å². The van der Waals surface area contributed by atoms with Gasteiger partial charge in [-0.05, 0) is 29.8 Å². The van der Waals surface area contributed by atoms with Gasteiger partial charge in [-0.1, -0.05) is 36.9 Å². The number of hydrogen-bond donors (Lipinski definition) is 3. The molecule has 0 aliphatic heterocycles. The summed E-state index contributed by atoms with van der Waals surface area (Å²) in [6.07, 6.45) is 8.99. The Balaban J connectivity index is 1.36. The van der Waals surface area contributed by atoms with Crippen LogP contribution in [0.2, 0.25) is 0 Å². The van der Waals surface area contributed by atoms with Crippen molar-refractivity contribution in [2.75, 3.05) is 5.32 Å². The molecule has 7 heteroatoms. The Bertz CT molecular complexity index is 1580. The molecule has 0 radical (unpaired) electrons. The summed E-state index contributed by atoms with van der Waals surface area (Å²) in [5.74, 6) is 0. The van der Waals surface area contributed by atoms with E-state index in [4.69, 9.17) is 0 Å². The standard InChI is InChI=1S/C26H19N7/c1-16(17-5-3-2-4-6-17)30-20-9-18(13-28-14-20)23-11-21-25(15-29-23)32-33-26(21)24-10-19-12-27-8-7-22(19)31-24/h2-15,30-31H,1H2,(H,32,33). The number of aromatic amines is 2. The summed E-state index contributed by atoms with van der Waals surface area (Å²) in [6, 6.07) is 18.1. The van der Waals surface area contributed by atoms with E-state index in [0.717, 1.165) is 61.4 Å². The van der Waals surface area contributed by atoms with Crippen LogP contribution < -0.4 is 5.32 Å². The number of nitrogens with zero attached hydrogens (tertiary/aromatic N) is 4. The molecule has 5 aromatic heterocycles. The van der Waals surface area contributed by atoms with E-state index in [-0.39, 0.29) is 0 Å². The molecule has 0 amide bonds. The van der Waals surface area contributed by atoms with Gasteiger partial charge >= 0.3 is 0 Å². The van der Waals surface area contributed by atoms with Crippen LogP contribution in [0.3, 0.4) is 0 Å². The minimum atomic E-state index is 0.809. The summed E-state index contributed by atoms with van der Waals surface area (Å²) in [6.45, 7) is 4.14. The quantitative estimate of drug-likeness (QED) is 0.329. The molecule has 1 aromatic carbocycles. The number of aromatic nitrogens is 6. The van der Waals surface area contributed by atoms with E-state index in [1.807, 2.05) is 54.7 Å². The van der Waals surface area contributed by atoms with Gasteiger partial charge < -0.3 is 10.3 Å². The van der Waals surface area contributed by atoms with Crippen LogP contribution in [0, 0.1) is 0 Å². The maximum absolute atomic E-state index is 4.62. The molecule has 0 aliphatic carbocycles. The molecule has 0 atom stereocenters. The Morgan fingerprint density at radius 3 is 2.67 bits per heavy atom. The normalized spacial score (nSPS) is 11.2. The number of anilines is 1. The fourth-order valence-corrected chi connectivity index (χ4v) is 3.91. The Labute approximate surface area is 189 Å². The molecule has 6 rings (SSSR count). The van der Waals surface area contributed by atoms with Crippen LogP contribution >= 0.6 is 0 Å². The average Bonchev–Trinajstić information content (AvgIpc) is 3.48. The first-order chi connectivity index (χ1) is 16.2. The van der Waals surface area contributed by atoms with Crippen LogP contribution in [0.1, 0.15) is 5.56 Å². The molecule has 0 unspecified atom stereocenters. The van der Waals surface area contributed by atoms with Crippen molar-refractivity contribution in [1.29, 1.82) is 0 Å². The number of H-pyrrole nitrogens is 2. The van der Waals surface area contributed by atoms with Crippen LogP contribution in [0.15, 0.2) is 92.2 Å². The maximum Gasteiger partial charge on any atom is 0.116 e. The molecule has 33 heavy (non-hydrogen) atoms. The second-order valence-corrected chi connectivity index (χ2v) is 7.77. The van der Waals surface area contributed by atoms with Gasteiger partial charge in [0.05, 0.1) is 35.0 Å². The van der Waals surface area contributed by atoms with Gasteiger partial charge in [0.15, 0.2) is 0 Å². The lowest BCUT2D eigenvalue weighted by atomic mass is 10.1. The van der Waals surface area contributed by atoms with E-state index in [0.29, 0.717) is 0 Å². The molecule has 0 fully saturated rings. The predicted octanol–water partition coefficient (Wildman–Crippen LogP) is 5.65. The van der Waals surface area contributed by atoms with Gasteiger partial charge in [0.1, 0.15) is 5.69 Å². The number of fused-ring (bicyclic) bond motifs is 2. The highest BCUT2D eigenvalue weighted by atomic mass is 15.1. The fourth-order valence-electron chi connectivity index (χ4n) is 3.91. The average molecular weight is 429 g/mol. The van der Waals surface area contributed by atoms with Gasteiger partial charge in [0.2, 0.25) is 0 Å². The van der Waals surface area contributed by atoms with E-state index in [2.05, 4.69) is 48.1 Å². The van der Waals surface area contributed by atoms with Crippen molar-refractivity contribution in [2.24, 2.45) is 0 Å². The van der Waals surface area contributed by atoms with E-state index in [1.165, 1.54) is 0 Å². The van der Waals surface area contributed by atoms with Crippen LogP contribution in [0.4, 0.5) is 5.69 Å². The predicted molar refractivity (Wildman–Crippen MR) is 131 cm³/mol. The van der Waals surface area contributed by atoms with Crippen molar-refractivity contribution in [3.05, 3.63) is 97.7 Å². The Morgan fingerprint density at radius 2 is 1.79 bits per heavy atom. The summed E-state index contributed by atoms with van der Waals surface area (Å²) < 4.78 is 0. The summed E-state index contributed by atoms with van der Waals surface area (Å²) in [5, 5.41) is 13.0. The van der Waals surface area contributed by atoms with E-state index < -0.39 is 0 Å². The highest BCUT2D eigenvalue weighted by molar-refractivity contribution is 5.96. The molecule has 0 bridgehead atoms. The number of hydrogen-bond acceptors (Lipinski definition) is 5. The van der Waals surface area contributed by atoms with Gasteiger partial charge in [-0.3, -0.25) is 20.1 Å².